The second kappa shape index (κ2) is 9.86. The summed E-state index contributed by atoms with van der Waals surface area (Å²) in [4.78, 5) is 30.3. The third kappa shape index (κ3) is 5.87. The Kier molecular flexibility index (Phi) is 6.92. The highest BCUT2D eigenvalue weighted by molar-refractivity contribution is 7.17. The van der Waals surface area contributed by atoms with Gasteiger partial charge in [-0.1, -0.05) is 29.5 Å². The van der Waals surface area contributed by atoms with Crippen LogP contribution in [-0.4, -0.2) is 59.9 Å². The van der Waals surface area contributed by atoms with Crippen molar-refractivity contribution < 1.29 is 19.1 Å². The Morgan fingerprint density at radius 2 is 1.76 bits per heavy atom. The SMILES string of the molecule is COC(=O)c1sc(N2CCN(OC(C)(C)C)CC2)nc1-c1ccc(Oc2ccccc2)nc1. The molecule has 1 aliphatic rings. The van der Waals surface area contributed by atoms with Crippen molar-refractivity contribution in [3.63, 3.8) is 0 Å². The number of carbonyl (C=O) groups is 1. The number of nitrogens with zero attached hydrogens (tertiary/aromatic N) is 4. The number of hydrogen-bond acceptors (Lipinski definition) is 9. The summed E-state index contributed by atoms with van der Waals surface area (Å²) >= 11 is 1.34. The highest BCUT2D eigenvalue weighted by Gasteiger charge is 2.27. The number of anilines is 1. The molecule has 1 fully saturated rings. The zero-order valence-corrected chi connectivity index (χ0v) is 20.1. The molecule has 0 unspecified atom stereocenters. The number of para-hydroxylation sites is 1. The number of benzene rings is 1. The Morgan fingerprint density at radius 1 is 1.03 bits per heavy atom. The van der Waals surface area contributed by atoms with Crippen LogP contribution < -0.4 is 9.64 Å². The molecule has 0 aliphatic carbocycles. The van der Waals surface area contributed by atoms with Crippen molar-refractivity contribution in [1.29, 1.82) is 0 Å². The third-order valence-corrected chi connectivity index (χ3v) is 5.97. The van der Waals surface area contributed by atoms with Gasteiger partial charge in [-0.3, -0.25) is 4.84 Å². The van der Waals surface area contributed by atoms with E-state index < -0.39 is 5.97 Å². The van der Waals surface area contributed by atoms with Crippen LogP contribution in [0.15, 0.2) is 48.7 Å². The standard InChI is InChI=1S/C24H28N4O4S/c1-24(2,3)32-28-14-12-27(13-15-28)23-26-20(21(33-23)22(29)30-4)17-10-11-19(25-16-17)31-18-8-6-5-7-9-18/h5-11,16H,12-15H2,1-4H3. The predicted octanol–water partition coefficient (Wildman–Crippen LogP) is 4.64. The highest BCUT2D eigenvalue weighted by atomic mass is 32.1. The van der Waals surface area contributed by atoms with Crippen LogP contribution in [0.4, 0.5) is 5.13 Å². The van der Waals surface area contributed by atoms with Gasteiger partial charge in [-0.25, -0.2) is 14.8 Å². The second-order valence-electron chi connectivity index (χ2n) is 8.59. The first kappa shape index (κ1) is 23.2. The Morgan fingerprint density at radius 3 is 2.36 bits per heavy atom. The summed E-state index contributed by atoms with van der Waals surface area (Å²) < 4.78 is 10.8. The highest BCUT2D eigenvalue weighted by Crippen LogP contribution is 2.34. The van der Waals surface area contributed by atoms with Gasteiger partial charge in [0.05, 0.1) is 18.4 Å². The van der Waals surface area contributed by atoms with Gasteiger partial charge in [0.15, 0.2) is 5.13 Å². The molecule has 0 spiro atoms. The van der Waals surface area contributed by atoms with Crippen LogP contribution in [0.5, 0.6) is 11.6 Å². The van der Waals surface area contributed by atoms with Crippen LogP contribution >= 0.6 is 11.3 Å². The number of aromatic nitrogens is 2. The monoisotopic (exact) mass is 468 g/mol. The van der Waals surface area contributed by atoms with E-state index in [1.807, 2.05) is 62.2 Å². The number of esters is 1. The molecular formula is C24H28N4O4S. The predicted molar refractivity (Wildman–Crippen MR) is 128 cm³/mol. The molecule has 8 nitrogen and oxygen atoms in total. The van der Waals surface area contributed by atoms with Crippen LogP contribution in [-0.2, 0) is 9.57 Å². The van der Waals surface area contributed by atoms with Crippen molar-refractivity contribution in [1.82, 2.24) is 15.0 Å². The van der Waals surface area contributed by atoms with Gasteiger partial charge < -0.3 is 14.4 Å². The van der Waals surface area contributed by atoms with Gasteiger partial charge in [0, 0.05) is 44.0 Å². The number of ether oxygens (including phenoxy) is 2. The maximum absolute atomic E-state index is 12.5. The van der Waals surface area contributed by atoms with Gasteiger partial charge in [-0.15, -0.1) is 0 Å². The Hall–Kier alpha value is -3.01. The first-order chi connectivity index (χ1) is 15.8. The van der Waals surface area contributed by atoms with E-state index in [4.69, 9.17) is 19.3 Å². The molecule has 0 bridgehead atoms. The second-order valence-corrected chi connectivity index (χ2v) is 9.56. The molecule has 1 aliphatic heterocycles. The van der Waals surface area contributed by atoms with E-state index in [-0.39, 0.29) is 5.60 Å². The Balaban J connectivity index is 1.52. The first-order valence-electron chi connectivity index (χ1n) is 10.8. The quantitative estimate of drug-likeness (QED) is 0.485. The average molecular weight is 469 g/mol. The minimum absolute atomic E-state index is 0.224. The van der Waals surface area contributed by atoms with E-state index in [0.29, 0.717) is 22.2 Å². The molecule has 0 amide bonds. The molecule has 1 aromatic carbocycles. The molecule has 9 heteroatoms. The molecule has 0 saturated carbocycles. The van der Waals surface area contributed by atoms with Gasteiger partial charge >= 0.3 is 5.97 Å². The lowest BCUT2D eigenvalue weighted by Crippen LogP contribution is -2.48. The minimum Gasteiger partial charge on any atom is -0.465 e. The topological polar surface area (TPSA) is 77.0 Å². The molecule has 0 N–H and O–H groups in total. The summed E-state index contributed by atoms with van der Waals surface area (Å²) in [7, 11) is 1.38. The van der Waals surface area contributed by atoms with Gasteiger partial charge in [0.2, 0.25) is 5.88 Å². The normalized spacial score (nSPS) is 14.8. The van der Waals surface area contributed by atoms with Crippen LogP contribution in [0.25, 0.3) is 11.3 Å². The fourth-order valence-corrected chi connectivity index (χ4v) is 4.48. The van der Waals surface area contributed by atoms with Crippen LogP contribution in [0, 0.1) is 0 Å². The number of piperazine rings is 1. The van der Waals surface area contributed by atoms with Crippen LogP contribution in [0.3, 0.4) is 0 Å². The number of hydroxylamine groups is 2. The van der Waals surface area contributed by atoms with Crippen molar-refractivity contribution in [3.8, 4) is 22.9 Å². The number of methoxy groups -OCH3 is 1. The molecule has 4 rings (SSSR count). The number of thiazole rings is 1. The molecular weight excluding hydrogens is 440 g/mol. The summed E-state index contributed by atoms with van der Waals surface area (Å²) in [6.45, 7) is 9.15. The van der Waals surface area contributed by atoms with Gasteiger partial charge in [0.1, 0.15) is 10.6 Å². The molecule has 33 heavy (non-hydrogen) atoms. The van der Waals surface area contributed by atoms with Gasteiger partial charge in [-0.2, -0.15) is 5.06 Å². The first-order valence-corrected chi connectivity index (χ1v) is 11.6. The number of rotatable bonds is 6. The Bertz CT molecular complexity index is 1070. The van der Waals surface area contributed by atoms with Crippen LogP contribution in [0.2, 0.25) is 0 Å². The third-order valence-electron chi connectivity index (χ3n) is 4.87. The van der Waals surface area contributed by atoms with E-state index in [2.05, 4.69) is 9.88 Å². The van der Waals surface area contributed by atoms with E-state index in [0.717, 1.165) is 36.9 Å². The lowest BCUT2D eigenvalue weighted by molar-refractivity contribution is -0.230. The summed E-state index contributed by atoms with van der Waals surface area (Å²) in [6.07, 6.45) is 1.67. The van der Waals surface area contributed by atoms with Crippen molar-refractivity contribution in [2.45, 2.75) is 26.4 Å². The maximum atomic E-state index is 12.5. The largest absolute Gasteiger partial charge is 0.465 e. The van der Waals surface area contributed by atoms with Crippen molar-refractivity contribution in [3.05, 3.63) is 53.5 Å². The minimum atomic E-state index is -0.409. The zero-order chi connectivity index (χ0) is 23.4. The van der Waals surface area contributed by atoms with Gasteiger partial charge in [-0.05, 0) is 39.0 Å². The number of carbonyl (C=O) groups excluding carboxylic acids is 1. The Labute approximate surface area is 197 Å². The zero-order valence-electron chi connectivity index (χ0n) is 19.3. The maximum Gasteiger partial charge on any atom is 0.350 e. The summed E-state index contributed by atoms with van der Waals surface area (Å²) in [6, 6.07) is 13.1. The molecule has 1 saturated heterocycles. The fourth-order valence-electron chi connectivity index (χ4n) is 3.42. The lowest BCUT2D eigenvalue weighted by atomic mass is 10.2. The summed E-state index contributed by atoms with van der Waals surface area (Å²) in [5.74, 6) is 0.765. The molecule has 3 aromatic rings. The summed E-state index contributed by atoms with van der Waals surface area (Å²) in [5, 5.41) is 2.77. The van der Waals surface area contributed by atoms with Gasteiger partial charge in [0.25, 0.3) is 0 Å². The van der Waals surface area contributed by atoms with Crippen molar-refractivity contribution in [2.24, 2.45) is 0 Å². The van der Waals surface area contributed by atoms with Crippen molar-refractivity contribution in [2.75, 3.05) is 38.2 Å². The number of pyridine rings is 1. The van der Waals surface area contributed by atoms with Crippen LogP contribution in [0.1, 0.15) is 30.4 Å². The molecule has 174 valence electrons. The summed E-state index contributed by atoms with van der Waals surface area (Å²) in [5.41, 5.74) is 1.07. The van der Waals surface area contributed by atoms with E-state index in [9.17, 15) is 4.79 Å². The number of hydrogen-bond donors (Lipinski definition) is 0. The lowest BCUT2D eigenvalue weighted by Gasteiger charge is -2.37. The molecule has 2 aromatic heterocycles. The van der Waals surface area contributed by atoms with E-state index in [1.54, 1.807) is 12.3 Å². The van der Waals surface area contributed by atoms with E-state index >= 15 is 0 Å². The fraction of sp³-hybridized carbons (Fsp3) is 0.375. The molecule has 0 atom stereocenters. The molecule has 3 heterocycles. The van der Waals surface area contributed by atoms with Crippen molar-refractivity contribution >= 4 is 22.4 Å². The average Bonchev–Trinajstić information content (AvgIpc) is 3.25. The smallest absolute Gasteiger partial charge is 0.350 e. The van der Waals surface area contributed by atoms with E-state index in [1.165, 1.54) is 18.4 Å². The molecule has 0 radical (unpaired) electrons.